The molecule has 0 spiro atoms. The van der Waals surface area contributed by atoms with E-state index in [1.807, 2.05) is 12.1 Å². The Morgan fingerprint density at radius 1 is 1.00 bits per heavy atom. The highest BCUT2D eigenvalue weighted by Gasteiger charge is 2.51. The van der Waals surface area contributed by atoms with Gasteiger partial charge in [-0.25, -0.2) is 0 Å². The topological polar surface area (TPSA) is 9.23 Å². The Morgan fingerprint density at radius 2 is 1.43 bits per heavy atom. The molecular weight excluding hydrogens is 296 g/mol. The molecule has 2 rings (SSSR count). The van der Waals surface area contributed by atoms with Crippen LogP contribution in [0.2, 0.25) is 5.04 Å². The van der Waals surface area contributed by atoms with Gasteiger partial charge < -0.3 is 4.43 Å². The van der Waals surface area contributed by atoms with E-state index in [1.54, 1.807) is 6.08 Å². The van der Waals surface area contributed by atoms with E-state index >= 15 is 0 Å². The Morgan fingerprint density at radius 3 is 1.74 bits per heavy atom. The smallest absolute Gasteiger partial charge is 0.263 e. The molecule has 0 saturated carbocycles. The summed E-state index contributed by atoms with van der Waals surface area (Å²) in [6.07, 6.45) is 6.97. The molecule has 0 aliphatic rings. The predicted octanol–water partition coefficient (Wildman–Crippen LogP) is 3.75. The van der Waals surface area contributed by atoms with E-state index in [-0.39, 0.29) is 5.04 Å². The van der Waals surface area contributed by atoms with Crippen molar-refractivity contribution >= 4 is 18.7 Å². The molecule has 1 nitrogen and oxygen atoms in total. The molecule has 23 heavy (non-hydrogen) atoms. The van der Waals surface area contributed by atoms with Crippen molar-refractivity contribution in [1.82, 2.24) is 0 Å². The maximum Gasteiger partial charge on any atom is 0.263 e. The second kappa shape index (κ2) is 7.00. The number of terminal acetylenes is 1. The molecule has 0 heterocycles. The average molecular weight is 321 g/mol. The summed E-state index contributed by atoms with van der Waals surface area (Å²) in [5, 5.41) is 2.37. The van der Waals surface area contributed by atoms with Crippen LogP contribution < -0.4 is 10.4 Å². The largest absolute Gasteiger partial charge is 0.390 e. The zero-order valence-electron chi connectivity index (χ0n) is 14.1. The van der Waals surface area contributed by atoms with Crippen LogP contribution in [-0.2, 0) is 4.43 Å². The highest BCUT2D eigenvalue weighted by Crippen LogP contribution is 2.37. The number of benzene rings is 2. The highest BCUT2D eigenvalue weighted by molar-refractivity contribution is 6.99. The van der Waals surface area contributed by atoms with Gasteiger partial charge in [0.25, 0.3) is 8.32 Å². The molecule has 0 amide bonds. The van der Waals surface area contributed by atoms with Crippen LogP contribution in [-0.4, -0.2) is 14.4 Å². The monoisotopic (exact) mass is 320 g/mol. The van der Waals surface area contributed by atoms with Crippen molar-refractivity contribution < 1.29 is 4.43 Å². The van der Waals surface area contributed by atoms with E-state index in [2.05, 4.69) is 81.8 Å². The van der Waals surface area contributed by atoms with Crippen LogP contribution >= 0.6 is 0 Å². The summed E-state index contributed by atoms with van der Waals surface area (Å²) in [6, 6.07) is 20.9. The first-order valence-electron chi connectivity index (χ1n) is 7.83. The Kier molecular flexibility index (Phi) is 5.25. The quantitative estimate of drug-likeness (QED) is 0.463. The molecule has 2 aromatic carbocycles. The molecule has 0 aliphatic carbocycles. The van der Waals surface area contributed by atoms with Gasteiger partial charge >= 0.3 is 0 Å². The zero-order chi connectivity index (χ0) is 16.9. The van der Waals surface area contributed by atoms with E-state index in [1.165, 1.54) is 10.4 Å². The minimum atomic E-state index is -2.57. The van der Waals surface area contributed by atoms with Crippen LogP contribution in [0.15, 0.2) is 73.3 Å². The molecule has 1 atom stereocenters. The van der Waals surface area contributed by atoms with Gasteiger partial charge in [0, 0.05) is 0 Å². The molecule has 0 saturated heterocycles. The third-order valence-corrected chi connectivity index (χ3v) is 9.11. The average Bonchev–Trinajstić information content (AvgIpc) is 2.57. The van der Waals surface area contributed by atoms with Crippen LogP contribution in [0.25, 0.3) is 0 Å². The number of rotatable bonds is 5. The van der Waals surface area contributed by atoms with Crippen LogP contribution in [0, 0.1) is 12.3 Å². The van der Waals surface area contributed by atoms with Gasteiger partial charge in [0.2, 0.25) is 0 Å². The van der Waals surface area contributed by atoms with Gasteiger partial charge in [-0.15, -0.1) is 6.42 Å². The molecule has 0 unspecified atom stereocenters. The van der Waals surface area contributed by atoms with Crippen molar-refractivity contribution in [3.05, 3.63) is 73.3 Å². The SMILES string of the molecule is C#C[C@H](C=C)O[Si](c1ccccc1)(c1ccccc1)C(C)(C)C. The highest BCUT2D eigenvalue weighted by atomic mass is 28.4. The Balaban J connectivity index is 2.75. The second-order valence-electron chi connectivity index (χ2n) is 6.60. The van der Waals surface area contributed by atoms with Gasteiger partial charge in [-0.1, -0.05) is 100 Å². The number of hydrogen-bond donors (Lipinski definition) is 0. The number of hydrogen-bond acceptors (Lipinski definition) is 1. The summed E-state index contributed by atoms with van der Waals surface area (Å²) in [7, 11) is -2.57. The first-order chi connectivity index (χ1) is 11.0. The first-order valence-corrected chi connectivity index (χ1v) is 9.74. The van der Waals surface area contributed by atoms with Crippen molar-refractivity contribution in [2.75, 3.05) is 0 Å². The second-order valence-corrected chi connectivity index (χ2v) is 10.9. The van der Waals surface area contributed by atoms with E-state index < -0.39 is 14.4 Å². The minimum Gasteiger partial charge on any atom is -0.390 e. The molecule has 0 fully saturated rings. The van der Waals surface area contributed by atoms with Crippen molar-refractivity contribution in [2.45, 2.75) is 31.9 Å². The Labute approximate surface area is 141 Å². The maximum absolute atomic E-state index is 6.66. The molecule has 0 aliphatic heterocycles. The van der Waals surface area contributed by atoms with E-state index in [9.17, 15) is 0 Å². The summed E-state index contributed by atoms with van der Waals surface area (Å²) in [5.41, 5.74) is 0. The van der Waals surface area contributed by atoms with Crippen LogP contribution in [0.5, 0.6) is 0 Å². The standard InChI is InChI=1S/C21H24OSi/c1-6-18(7-2)22-23(21(3,4)5,19-14-10-8-11-15-19)20-16-12-9-13-17-20/h1,7-18H,2H2,3-5H3/t18-/m1/s1. The van der Waals surface area contributed by atoms with Gasteiger partial charge in [-0.3, -0.25) is 0 Å². The Bertz CT molecular complexity index is 638. The van der Waals surface area contributed by atoms with Gasteiger partial charge in [0.15, 0.2) is 0 Å². The molecule has 2 aromatic rings. The third-order valence-electron chi connectivity index (χ3n) is 4.10. The van der Waals surface area contributed by atoms with Crippen molar-refractivity contribution in [3.63, 3.8) is 0 Å². The lowest BCUT2D eigenvalue weighted by Crippen LogP contribution is -2.67. The van der Waals surface area contributed by atoms with E-state index in [0.29, 0.717) is 0 Å². The van der Waals surface area contributed by atoms with Crippen LogP contribution in [0.4, 0.5) is 0 Å². The lowest BCUT2D eigenvalue weighted by molar-refractivity contribution is 0.285. The fourth-order valence-corrected chi connectivity index (χ4v) is 7.59. The van der Waals surface area contributed by atoms with Crippen LogP contribution in [0.1, 0.15) is 20.8 Å². The molecule has 0 radical (unpaired) electrons. The molecular formula is C21H24OSi. The van der Waals surface area contributed by atoms with Crippen LogP contribution in [0.3, 0.4) is 0 Å². The van der Waals surface area contributed by atoms with Gasteiger partial charge in [-0.2, -0.15) is 0 Å². The van der Waals surface area contributed by atoms with Gasteiger partial charge in [-0.05, 0) is 15.4 Å². The minimum absolute atomic E-state index is 0.0756. The van der Waals surface area contributed by atoms with Crippen molar-refractivity contribution in [1.29, 1.82) is 0 Å². The normalized spacial score (nSPS) is 13.1. The summed E-state index contributed by atoms with van der Waals surface area (Å²) in [5.74, 6) is 2.71. The molecule has 2 heteroatoms. The molecule has 0 N–H and O–H groups in total. The lowest BCUT2D eigenvalue weighted by Gasteiger charge is -2.44. The first kappa shape index (κ1) is 17.3. The Hall–Kier alpha value is -2.08. The molecule has 0 aromatic heterocycles. The fourth-order valence-electron chi connectivity index (χ4n) is 3.03. The van der Waals surface area contributed by atoms with Gasteiger partial charge in [0.05, 0.1) is 0 Å². The fraction of sp³-hybridized carbons (Fsp3) is 0.238. The zero-order valence-corrected chi connectivity index (χ0v) is 15.1. The van der Waals surface area contributed by atoms with Crippen molar-refractivity contribution in [2.24, 2.45) is 0 Å². The summed E-state index contributed by atoms with van der Waals surface area (Å²) in [4.78, 5) is 0. The molecule has 0 bridgehead atoms. The summed E-state index contributed by atoms with van der Waals surface area (Å²) in [6.45, 7) is 10.5. The third kappa shape index (κ3) is 3.31. The van der Waals surface area contributed by atoms with Gasteiger partial charge in [0.1, 0.15) is 6.10 Å². The maximum atomic E-state index is 6.66. The van der Waals surface area contributed by atoms with E-state index in [4.69, 9.17) is 10.8 Å². The summed E-state index contributed by atoms with van der Waals surface area (Å²) >= 11 is 0. The summed E-state index contributed by atoms with van der Waals surface area (Å²) < 4.78 is 6.66. The lowest BCUT2D eigenvalue weighted by atomic mass is 10.2. The van der Waals surface area contributed by atoms with Crippen molar-refractivity contribution in [3.8, 4) is 12.3 Å². The van der Waals surface area contributed by atoms with E-state index in [0.717, 1.165) is 0 Å². The molecule has 118 valence electrons. The predicted molar refractivity (Wildman–Crippen MR) is 102 cm³/mol.